The van der Waals surface area contributed by atoms with Crippen molar-refractivity contribution >= 4 is 15.9 Å². The lowest BCUT2D eigenvalue weighted by Gasteiger charge is -2.28. The number of alkyl halides is 3. The topological polar surface area (TPSA) is 20.2 Å². The van der Waals surface area contributed by atoms with Crippen molar-refractivity contribution in [2.45, 2.75) is 24.6 Å². The van der Waals surface area contributed by atoms with Gasteiger partial charge in [0.25, 0.3) is 0 Å². The maximum absolute atomic E-state index is 13.6. The highest BCUT2D eigenvalue weighted by Crippen LogP contribution is 2.47. The van der Waals surface area contributed by atoms with Gasteiger partial charge in [0.15, 0.2) is 0 Å². The van der Waals surface area contributed by atoms with Crippen molar-refractivity contribution in [2.24, 2.45) is 0 Å². The second-order valence-electron chi connectivity index (χ2n) is 5.33. The quantitative estimate of drug-likeness (QED) is 0.711. The highest BCUT2D eigenvalue weighted by atomic mass is 79.9. The van der Waals surface area contributed by atoms with Crippen LogP contribution in [0.3, 0.4) is 0 Å². The molecule has 0 amide bonds. The number of aliphatic hydroxyl groups is 1. The number of benzene rings is 2. The van der Waals surface area contributed by atoms with Crippen LogP contribution in [0.15, 0.2) is 40.9 Å². The van der Waals surface area contributed by atoms with Crippen molar-refractivity contribution in [1.29, 1.82) is 0 Å². The molecule has 6 heteroatoms. The summed E-state index contributed by atoms with van der Waals surface area (Å²) >= 11 is 3.02. The van der Waals surface area contributed by atoms with Gasteiger partial charge in [0.2, 0.25) is 0 Å². The van der Waals surface area contributed by atoms with Crippen LogP contribution in [0, 0.1) is 5.82 Å². The molecule has 1 unspecified atom stereocenters. The average molecular weight is 375 g/mol. The molecule has 0 heterocycles. The number of rotatable bonds is 1. The molecular weight excluding hydrogens is 364 g/mol. The first-order valence-corrected chi connectivity index (χ1v) is 7.40. The van der Waals surface area contributed by atoms with Crippen molar-refractivity contribution in [1.82, 2.24) is 0 Å². The lowest BCUT2D eigenvalue weighted by molar-refractivity contribution is -0.140. The minimum Gasteiger partial charge on any atom is -0.380 e. The highest BCUT2D eigenvalue weighted by molar-refractivity contribution is 9.10. The largest absolute Gasteiger partial charge is 0.416 e. The van der Waals surface area contributed by atoms with E-state index in [1.54, 1.807) is 0 Å². The number of aryl methyl sites for hydroxylation is 1. The number of fused-ring (bicyclic) bond motifs is 1. The Labute approximate surface area is 132 Å². The Bertz CT molecular complexity index is 741. The van der Waals surface area contributed by atoms with E-state index in [4.69, 9.17) is 0 Å². The summed E-state index contributed by atoms with van der Waals surface area (Å²) in [5.41, 5.74) is -1.99. The third kappa shape index (κ3) is 2.34. The molecule has 1 N–H and O–H groups in total. The summed E-state index contributed by atoms with van der Waals surface area (Å²) < 4.78 is 53.3. The van der Waals surface area contributed by atoms with Crippen LogP contribution in [0.5, 0.6) is 0 Å². The van der Waals surface area contributed by atoms with E-state index >= 15 is 0 Å². The fourth-order valence-electron chi connectivity index (χ4n) is 3.00. The van der Waals surface area contributed by atoms with Crippen molar-refractivity contribution in [3.05, 3.63) is 68.9 Å². The van der Waals surface area contributed by atoms with Crippen LogP contribution in [-0.4, -0.2) is 5.11 Å². The molecule has 3 rings (SSSR count). The van der Waals surface area contributed by atoms with E-state index in [2.05, 4.69) is 15.9 Å². The van der Waals surface area contributed by atoms with E-state index in [-0.39, 0.29) is 16.5 Å². The molecule has 0 radical (unpaired) electrons. The van der Waals surface area contributed by atoms with Gasteiger partial charge in [-0.3, -0.25) is 0 Å². The van der Waals surface area contributed by atoms with Gasteiger partial charge in [0, 0.05) is 5.56 Å². The minimum atomic E-state index is -4.56. The summed E-state index contributed by atoms with van der Waals surface area (Å²) in [5.74, 6) is -0.493. The van der Waals surface area contributed by atoms with Crippen LogP contribution in [0.25, 0.3) is 0 Å². The summed E-state index contributed by atoms with van der Waals surface area (Å²) in [7, 11) is 0. The van der Waals surface area contributed by atoms with Crippen LogP contribution in [0.4, 0.5) is 17.6 Å². The number of hydrogen-bond acceptors (Lipinski definition) is 1. The van der Waals surface area contributed by atoms with Crippen LogP contribution in [0.2, 0.25) is 0 Å². The van der Waals surface area contributed by atoms with Crippen LogP contribution >= 0.6 is 15.9 Å². The van der Waals surface area contributed by atoms with Crippen LogP contribution < -0.4 is 0 Å². The van der Waals surface area contributed by atoms with Crippen molar-refractivity contribution in [3.63, 3.8) is 0 Å². The summed E-state index contributed by atoms with van der Waals surface area (Å²) in [6, 6.07) is 7.59. The standard InChI is InChI=1S/C16H11BrF4O/c17-13-8-12-9(7-14(13)18)5-6-15(12,22)10-3-1-2-4-11(10)16(19,20)21/h1-4,7-8,22H,5-6H2. The van der Waals surface area contributed by atoms with E-state index < -0.39 is 23.2 Å². The van der Waals surface area contributed by atoms with Crippen molar-refractivity contribution < 1.29 is 22.7 Å². The molecule has 0 saturated carbocycles. The zero-order chi connectivity index (χ0) is 16.1. The second kappa shape index (κ2) is 5.06. The van der Waals surface area contributed by atoms with Gasteiger partial charge in [-0.15, -0.1) is 0 Å². The van der Waals surface area contributed by atoms with Gasteiger partial charge >= 0.3 is 6.18 Å². The first-order valence-electron chi connectivity index (χ1n) is 6.61. The second-order valence-corrected chi connectivity index (χ2v) is 6.18. The van der Waals surface area contributed by atoms with Gasteiger partial charge in [0.1, 0.15) is 11.4 Å². The molecule has 1 aliphatic rings. The lowest BCUT2D eigenvalue weighted by atomic mass is 9.84. The molecule has 0 saturated heterocycles. The Hall–Kier alpha value is -1.40. The van der Waals surface area contributed by atoms with E-state index in [1.165, 1.54) is 30.3 Å². The number of halogens is 5. The lowest BCUT2D eigenvalue weighted by Crippen LogP contribution is -2.28. The average Bonchev–Trinajstić information content (AvgIpc) is 2.77. The Morgan fingerprint density at radius 1 is 1.09 bits per heavy atom. The molecule has 0 aromatic heterocycles. The van der Waals surface area contributed by atoms with Crippen LogP contribution in [-0.2, 0) is 18.2 Å². The van der Waals surface area contributed by atoms with E-state index in [1.807, 2.05) is 0 Å². The molecule has 0 spiro atoms. The first-order chi connectivity index (χ1) is 10.2. The smallest absolute Gasteiger partial charge is 0.380 e. The maximum Gasteiger partial charge on any atom is 0.416 e. The third-order valence-electron chi connectivity index (χ3n) is 4.03. The molecule has 1 aliphatic carbocycles. The van der Waals surface area contributed by atoms with Gasteiger partial charge in [-0.2, -0.15) is 13.2 Å². The Morgan fingerprint density at radius 3 is 2.45 bits per heavy atom. The molecule has 0 fully saturated rings. The normalized spacial score (nSPS) is 21.0. The van der Waals surface area contributed by atoms with E-state index in [0.717, 1.165) is 6.07 Å². The Morgan fingerprint density at radius 2 is 1.77 bits per heavy atom. The van der Waals surface area contributed by atoms with Gasteiger partial charge in [-0.1, -0.05) is 18.2 Å². The summed E-state index contributed by atoms with van der Waals surface area (Å²) in [5, 5.41) is 10.9. The summed E-state index contributed by atoms with van der Waals surface area (Å²) in [4.78, 5) is 0. The SMILES string of the molecule is OC1(c2ccccc2C(F)(F)F)CCc2cc(F)c(Br)cc21. The third-order valence-corrected chi connectivity index (χ3v) is 4.63. The molecule has 116 valence electrons. The molecule has 2 aromatic rings. The fraction of sp³-hybridized carbons (Fsp3) is 0.250. The predicted octanol–water partition coefficient (Wildman–Crippen LogP) is 4.79. The predicted molar refractivity (Wildman–Crippen MR) is 76.9 cm³/mol. The van der Waals surface area contributed by atoms with Gasteiger partial charge in [0.05, 0.1) is 10.0 Å². The monoisotopic (exact) mass is 374 g/mol. The van der Waals surface area contributed by atoms with Gasteiger partial charge in [-0.05, 0) is 58.1 Å². The molecule has 2 aromatic carbocycles. The van der Waals surface area contributed by atoms with Crippen LogP contribution in [0.1, 0.15) is 28.7 Å². The Balaban J connectivity index is 2.22. The van der Waals surface area contributed by atoms with E-state index in [9.17, 15) is 22.7 Å². The van der Waals surface area contributed by atoms with E-state index in [0.29, 0.717) is 17.5 Å². The molecule has 0 aliphatic heterocycles. The highest BCUT2D eigenvalue weighted by Gasteiger charge is 2.45. The van der Waals surface area contributed by atoms with Gasteiger partial charge in [-0.25, -0.2) is 4.39 Å². The molecule has 1 atom stereocenters. The first kappa shape index (κ1) is 15.5. The molecule has 0 bridgehead atoms. The molecule has 1 nitrogen and oxygen atoms in total. The van der Waals surface area contributed by atoms with Crippen molar-refractivity contribution in [3.8, 4) is 0 Å². The summed E-state index contributed by atoms with van der Waals surface area (Å²) in [6.45, 7) is 0. The maximum atomic E-state index is 13.6. The van der Waals surface area contributed by atoms with Crippen molar-refractivity contribution in [2.75, 3.05) is 0 Å². The summed E-state index contributed by atoms with van der Waals surface area (Å²) in [6.07, 6.45) is -4.15. The van der Waals surface area contributed by atoms with Gasteiger partial charge < -0.3 is 5.11 Å². The zero-order valence-electron chi connectivity index (χ0n) is 11.2. The Kier molecular flexibility index (Phi) is 3.57. The molecular formula is C16H11BrF4O. The molecule has 22 heavy (non-hydrogen) atoms. The zero-order valence-corrected chi connectivity index (χ0v) is 12.8. The number of hydrogen-bond donors (Lipinski definition) is 1. The fourth-order valence-corrected chi connectivity index (χ4v) is 3.34. The minimum absolute atomic E-state index is 0.0886.